The van der Waals surface area contributed by atoms with Crippen LogP contribution < -0.4 is 4.74 Å². The van der Waals surface area contributed by atoms with Gasteiger partial charge < -0.3 is 14.7 Å². The predicted molar refractivity (Wildman–Crippen MR) is 109 cm³/mol. The predicted octanol–water partition coefficient (Wildman–Crippen LogP) is 4.33. The van der Waals surface area contributed by atoms with E-state index >= 15 is 0 Å². The Morgan fingerprint density at radius 2 is 1.96 bits per heavy atom. The first kappa shape index (κ1) is 19.3. The van der Waals surface area contributed by atoms with Gasteiger partial charge in [-0.15, -0.1) is 11.8 Å². The van der Waals surface area contributed by atoms with Crippen molar-refractivity contribution >= 4 is 11.8 Å². The summed E-state index contributed by atoms with van der Waals surface area (Å²) in [6, 6.07) is 14.9. The fourth-order valence-electron chi connectivity index (χ4n) is 3.62. The number of β-amino-alcohol motifs (C(OH)–C–C–N with tert-alkyl or cyclic N) is 1. The number of benzene rings is 2. The maximum absolute atomic E-state index is 10.6. The van der Waals surface area contributed by atoms with Gasteiger partial charge in [0.15, 0.2) is 0 Å². The van der Waals surface area contributed by atoms with Crippen molar-refractivity contribution in [3.05, 3.63) is 59.2 Å². The summed E-state index contributed by atoms with van der Waals surface area (Å²) in [6.45, 7) is 2.77. The monoisotopic (exact) mass is 371 g/mol. The molecular formula is C22H29NO2S. The van der Waals surface area contributed by atoms with Crippen LogP contribution in [0.25, 0.3) is 0 Å². The molecule has 1 heterocycles. The second kappa shape index (κ2) is 9.45. The van der Waals surface area contributed by atoms with Crippen LogP contribution in [0.1, 0.15) is 35.6 Å². The highest BCUT2D eigenvalue weighted by Gasteiger charge is 2.21. The number of hydrogen-bond acceptors (Lipinski definition) is 4. The molecule has 1 atom stereocenters. The molecule has 0 bridgehead atoms. The molecule has 140 valence electrons. The molecule has 0 radical (unpaired) electrons. The molecule has 2 aromatic rings. The summed E-state index contributed by atoms with van der Waals surface area (Å²) in [5.74, 6) is 0.872. The van der Waals surface area contributed by atoms with Crippen molar-refractivity contribution in [3.8, 4) is 5.75 Å². The molecular weight excluding hydrogens is 342 g/mol. The van der Waals surface area contributed by atoms with Crippen molar-refractivity contribution in [2.45, 2.75) is 36.7 Å². The van der Waals surface area contributed by atoms with E-state index in [1.165, 1.54) is 22.4 Å². The second-order valence-corrected chi connectivity index (χ2v) is 7.82. The fourth-order valence-corrected chi connectivity index (χ4v) is 4.03. The Morgan fingerprint density at radius 1 is 1.15 bits per heavy atom. The largest absolute Gasteiger partial charge is 0.497 e. The molecule has 2 aromatic carbocycles. The van der Waals surface area contributed by atoms with Gasteiger partial charge in [0.05, 0.1) is 13.2 Å². The molecule has 0 spiro atoms. The third-order valence-electron chi connectivity index (χ3n) is 5.19. The van der Waals surface area contributed by atoms with Crippen LogP contribution in [0, 0.1) is 0 Å². The number of aliphatic hydroxyl groups excluding tert-OH is 1. The van der Waals surface area contributed by atoms with Crippen LogP contribution in [0.4, 0.5) is 0 Å². The van der Waals surface area contributed by atoms with Gasteiger partial charge in [-0.2, -0.15) is 0 Å². The summed E-state index contributed by atoms with van der Waals surface area (Å²) in [7, 11) is 1.69. The maximum Gasteiger partial charge on any atom is 0.119 e. The molecule has 1 aliphatic heterocycles. The number of aryl methyl sites for hydroxylation is 1. The van der Waals surface area contributed by atoms with Crippen molar-refractivity contribution in [2.75, 3.05) is 33.0 Å². The molecule has 0 amide bonds. The third kappa shape index (κ3) is 5.03. The first-order chi connectivity index (χ1) is 12.7. The second-order valence-electron chi connectivity index (χ2n) is 6.94. The summed E-state index contributed by atoms with van der Waals surface area (Å²) < 4.78 is 5.32. The first-order valence-electron chi connectivity index (χ1n) is 9.40. The van der Waals surface area contributed by atoms with Crippen LogP contribution >= 0.6 is 11.8 Å². The minimum atomic E-state index is -0.405. The quantitative estimate of drug-likeness (QED) is 0.580. The number of hydrogen-bond donors (Lipinski definition) is 1. The molecule has 26 heavy (non-hydrogen) atoms. The lowest BCUT2D eigenvalue weighted by molar-refractivity contribution is 0.119. The van der Waals surface area contributed by atoms with Crippen LogP contribution in [0.15, 0.2) is 47.4 Å². The van der Waals surface area contributed by atoms with Crippen molar-refractivity contribution in [1.29, 1.82) is 0 Å². The van der Waals surface area contributed by atoms with Crippen molar-refractivity contribution in [2.24, 2.45) is 0 Å². The Balaban J connectivity index is 1.47. The minimum absolute atomic E-state index is 0.405. The molecule has 0 unspecified atom stereocenters. The number of thioether (sulfide) groups is 1. The number of aliphatic hydroxyl groups is 1. The van der Waals surface area contributed by atoms with Crippen LogP contribution in [-0.2, 0) is 12.8 Å². The molecule has 1 N–H and O–H groups in total. The topological polar surface area (TPSA) is 32.7 Å². The molecule has 3 rings (SSSR count). The number of fused-ring (bicyclic) bond motifs is 1. The number of nitrogens with zero attached hydrogens (tertiary/aromatic N) is 1. The Kier molecular flexibility index (Phi) is 7.00. The lowest BCUT2D eigenvalue weighted by atomic mass is 10.0. The van der Waals surface area contributed by atoms with Gasteiger partial charge in [0.1, 0.15) is 5.75 Å². The van der Waals surface area contributed by atoms with Gasteiger partial charge in [-0.3, -0.25) is 0 Å². The van der Waals surface area contributed by atoms with E-state index in [0.717, 1.165) is 50.2 Å². The Hall–Kier alpha value is -1.49. The first-order valence-corrected chi connectivity index (χ1v) is 10.6. The third-order valence-corrected chi connectivity index (χ3v) is 5.93. The Morgan fingerprint density at radius 3 is 2.69 bits per heavy atom. The molecule has 0 fully saturated rings. The molecule has 3 nitrogen and oxygen atoms in total. The van der Waals surface area contributed by atoms with E-state index in [0.29, 0.717) is 0 Å². The van der Waals surface area contributed by atoms with E-state index in [1.807, 2.05) is 12.1 Å². The van der Waals surface area contributed by atoms with E-state index < -0.39 is 6.10 Å². The smallest absolute Gasteiger partial charge is 0.119 e. The Bertz CT molecular complexity index is 702. The molecule has 4 heteroatoms. The Labute approximate surface area is 161 Å². The van der Waals surface area contributed by atoms with E-state index in [-0.39, 0.29) is 0 Å². The summed E-state index contributed by atoms with van der Waals surface area (Å²) in [5.41, 5.74) is 3.69. The maximum atomic E-state index is 10.6. The number of rotatable bonds is 7. The summed E-state index contributed by atoms with van der Waals surface area (Å²) >= 11 is 1.79. The highest BCUT2D eigenvalue weighted by atomic mass is 32.2. The number of methoxy groups -OCH3 is 1. The van der Waals surface area contributed by atoms with Gasteiger partial charge in [0.2, 0.25) is 0 Å². The van der Waals surface area contributed by atoms with Crippen LogP contribution in [0.3, 0.4) is 0 Å². The van der Waals surface area contributed by atoms with Gasteiger partial charge in [-0.25, -0.2) is 0 Å². The zero-order valence-corrected chi connectivity index (χ0v) is 16.6. The van der Waals surface area contributed by atoms with Crippen molar-refractivity contribution in [1.82, 2.24) is 4.90 Å². The van der Waals surface area contributed by atoms with E-state index in [4.69, 9.17) is 4.74 Å². The molecule has 0 saturated carbocycles. The molecule has 0 aromatic heterocycles. The van der Waals surface area contributed by atoms with Crippen molar-refractivity contribution < 1.29 is 9.84 Å². The van der Waals surface area contributed by atoms with Crippen LogP contribution in [-0.4, -0.2) is 43.0 Å². The molecule has 0 aliphatic carbocycles. The van der Waals surface area contributed by atoms with Crippen molar-refractivity contribution in [3.63, 3.8) is 0 Å². The summed E-state index contributed by atoms with van der Waals surface area (Å²) in [6.07, 6.45) is 6.15. The van der Waals surface area contributed by atoms with E-state index in [9.17, 15) is 5.11 Å². The molecule has 1 aliphatic rings. The minimum Gasteiger partial charge on any atom is -0.497 e. The highest BCUT2D eigenvalue weighted by molar-refractivity contribution is 7.98. The summed E-state index contributed by atoms with van der Waals surface area (Å²) in [4.78, 5) is 3.72. The molecule has 0 saturated heterocycles. The lowest BCUT2D eigenvalue weighted by Crippen LogP contribution is -2.29. The van der Waals surface area contributed by atoms with E-state index in [2.05, 4.69) is 41.5 Å². The van der Waals surface area contributed by atoms with Gasteiger partial charge in [0, 0.05) is 18.0 Å². The van der Waals surface area contributed by atoms with Gasteiger partial charge in [-0.1, -0.05) is 18.2 Å². The normalized spacial score (nSPS) is 17.6. The zero-order valence-electron chi connectivity index (χ0n) is 15.8. The average molecular weight is 372 g/mol. The van der Waals surface area contributed by atoms with Gasteiger partial charge >= 0.3 is 0 Å². The van der Waals surface area contributed by atoms with Gasteiger partial charge in [-0.05, 0) is 79.4 Å². The SMILES string of the molecule is COc1ccc2c(c1)CCN(CCCCc1ccc(SC)cc1)C[C@@H]2O. The standard InChI is InChI=1S/C22H29NO2S/c1-25-19-8-11-21-18(15-19)12-14-23(16-22(21)24)13-4-3-5-17-6-9-20(26-2)10-7-17/h6-11,15,22,24H,3-5,12-14,16H2,1-2H3/t22-/m0/s1. The van der Waals surface area contributed by atoms with Gasteiger partial charge in [0.25, 0.3) is 0 Å². The fraction of sp³-hybridized carbons (Fsp3) is 0.455. The average Bonchev–Trinajstić information content (AvgIpc) is 2.84. The van der Waals surface area contributed by atoms with Crippen LogP contribution in [0.5, 0.6) is 5.75 Å². The highest BCUT2D eigenvalue weighted by Crippen LogP contribution is 2.27. The van der Waals surface area contributed by atoms with Crippen LogP contribution in [0.2, 0.25) is 0 Å². The number of unbranched alkanes of at least 4 members (excludes halogenated alkanes) is 1. The number of ether oxygens (including phenoxy) is 1. The lowest BCUT2D eigenvalue weighted by Gasteiger charge is -2.22. The zero-order chi connectivity index (χ0) is 18.4. The summed E-state index contributed by atoms with van der Waals surface area (Å²) in [5, 5.41) is 10.6. The van der Waals surface area contributed by atoms with E-state index in [1.54, 1.807) is 18.9 Å².